The van der Waals surface area contributed by atoms with Crippen LogP contribution in [-0.4, -0.2) is 12.5 Å². The molecule has 12 heavy (non-hydrogen) atoms. The van der Waals surface area contributed by atoms with E-state index in [1.807, 2.05) is 0 Å². The number of nitriles is 1. The Balaban J connectivity index is 2.14. The van der Waals surface area contributed by atoms with Crippen LogP contribution in [0.3, 0.4) is 0 Å². The normalized spacial score (nSPS) is 19.0. The first kappa shape index (κ1) is 9.05. The minimum atomic E-state index is -0.0750. The van der Waals surface area contributed by atoms with Crippen LogP contribution >= 0.6 is 0 Å². The van der Waals surface area contributed by atoms with Crippen LogP contribution in [0.25, 0.3) is 0 Å². The summed E-state index contributed by atoms with van der Waals surface area (Å²) in [6.45, 7) is 2.30. The number of carbonyl (C=O) groups excluding carboxylic acids is 1. The molecule has 3 nitrogen and oxygen atoms in total. The second-order valence-corrected chi connectivity index (χ2v) is 3.40. The molecule has 0 heterocycles. The second kappa shape index (κ2) is 4.10. The highest BCUT2D eigenvalue weighted by molar-refractivity contribution is 5.79. The van der Waals surface area contributed by atoms with Crippen molar-refractivity contribution in [2.45, 2.75) is 26.2 Å². The van der Waals surface area contributed by atoms with E-state index >= 15 is 0 Å². The molecule has 66 valence electrons. The number of nitrogens with one attached hydrogen (secondary N) is 1. The van der Waals surface area contributed by atoms with Crippen molar-refractivity contribution in [2.75, 3.05) is 6.54 Å². The summed E-state index contributed by atoms with van der Waals surface area (Å²) in [6.07, 6.45) is 3.21. The zero-order chi connectivity index (χ0) is 8.97. The van der Waals surface area contributed by atoms with E-state index in [0.717, 1.165) is 12.8 Å². The van der Waals surface area contributed by atoms with Gasteiger partial charge in [0.05, 0.1) is 12.0 Å². The largest absolute Gasteiger partial charge is 0.355 e. The summed E-state index contributed by atoms with van der Waals surface area (Å²) in [5.74, 6) is 0.285. The lowest BCUT2D eigenvalue weighted by atomic mass is 9.85. The highest BCUT2D eigenvalue weighted by Crippen LogP contribution is 2.26. The first-order valence-corrected chi connectivity index (χ1v) is 4.41. The molecule has 1 unspecified atom stereocenters. The van der Waals surface area contributed by atoms with Crippen LogP contribution in [0.2, 0.25) is 0 Å². The third-order valence-corrected chi connectivity index (χ3v) is 2.28. The molecular formula is C9H14N2O. The van der Waals surface area contributed by atoms with Gasteiger partial charge in [-0.25, -0.2) is 0 Å². The SMILES string of the molecule is CC(C#N)CNC(=O)C1CCC1. The molecule has 1 saturated carbocycles. The Labute approximate surface area is 72.8 Å². The number of amides is 1. The predicted octanol–water partition coefficient (Wildman–Crippen LogP) is 1.06. The highest BCUT2D eigenvalue weighted by Gasteiger charge is 2.24. The third kappa shape index (κ3) is 2.23. The smallest absolute Gasteiger partial charge is 0.223 e. The van der Waals surface area contributed by atoms with Gasteiger partial charge < -0.3 is 5.32 Å². The quantitative estimate of drug-likeness (QED) is 0.681. The molecule has 1 aliphatic rings. The van der Waals surface area contributed by atoms with E-state index in [-0.39, 0.29) is 17.7 Å². The summed E-state index contributed by atoms with van der Waals surface area (Å²) >= 11 is 0. The monoisotopic (exact) mass is 166 g/mol. The third-order valence-electron chi connectivity index (χ3n) is 2.28. The van der Waals surface area contributed by atoms with Gasteiger partial charge in [0.25, 0.3) is 0 Å². The van der Waals surface area contributed by atoms with E-state index in [4.69, 9.17) is 5.26 Å². The standard InChI is InChI=1S/C9H14N2O/c1-7(5-10)6-11-9(12)8-3-2-4-8/h7-8H,2-4,6H2,1H3,(H,11,12). The van der Waals surface area contributed by atoms with Crippen LogP contribution in [0.4, 0.5) is 0 Å². The predicted molar refractivity (Wildman–Crippen MR) is 45.1 cm³/mol. The fraction of sp³-hybridized carbons (Fsp3) is 0.778. The minimum absolute atomic E-state index is 0.0750. The maximum Gasteiger partial charge on any atom is 0.223 e. The number of hydrogen-bond acceptors (Lipinski definition) is 2. The molecule has 0 bridgehead atoms. The van der Waals surface area contributed by atoms with Crippen LogP contribution in [0.5, 0.6) is 0 Å². The van der Waals surface area contributed by atoms with Gasteiger partial charge in [0.1, 0.15) is 0 Å². The summed E-state index contributed by atoms with van der Waals surface area (Å²) in [4.78, 5) is 11.2. The summed E-state index contributed by atoms with van der Waals surface area (Å²) in [5.41, 5.74) is 0. The zero-order valence-corrected chi connectivity index (χ0v) is 7.34. The van der Waals surface area contributed by atoms with Crippen LogP contribution in [0, 0.1) is 23.2 Å². The Bertz CT molecular complexity index is 203. The topological polar surface area (TPSA) is 52.9 Å². The molecule has 0 radical (unpaired) electrons. The van der Waals surface area contributed by atoms with E-state index in [9.17, 15) is 4.79 Å². The van der Waals surface area contributed by atoms with Gasteiger partial charge in [0, 0.05) is 12.5 Å². The Morgan fingerprint density at radius 2 is 2.42 bits per heavy atom. The molecule has 1 fully saturated rings. The molecular weight excluding hydrogens is 152 g/mol. The molecule has 1 N–H and O–H groups in total. The summed E-state index contributed by atoms with van der Waals surface area (Å²) in [5, 5.41) is 11.2. The van der Waals surface area contributed by atoms with E-state index in [2.05, 4.69) is 11.4 Å². The van der Waals surface area contributed by atoms with Gasteiger partial charge >= 0.3 is 0 Å². The average molecular weight is 166 g/mol. The highest BCUT2D eigenvalue weighted by atomic mass is 16.1. The van der Waals surface area contributed by atoms with Gasteiger partial charge in [0.2, 0.25) is 5.91 Å². The van der Waals surface area contributed by atoms with Crippen LogP contribution in [0.1, 0.15) is 26.2 Å². The Morgan fingerprint density at radius 3 is 2.83 bits per heavy atom. The lowest BCUT2D eigenvalue weighted by Gasteiger charge is -2.24. The van der Waals surface area contributed by atoms with Crippen molar-refractivity contribution >= 4 is 5.91 Å². The molecule has 0 saturated heterocycles. The molecule has 1 amide bonds. The second-order valence-electron chi connectivity index (χ2n) is 3.40. The lowest BCUT2D eigenvalue weighted by molar-refractivity contribution is -0.127. The van der Waals surface area contributed by atoms with Gasteiger partial charge in [-0.3, -0.25) is 4.79 Å². The van der Waals surface area contributed by atoms with Gasteiger partial charge in [-0.1, -0.05) is 6.42 Å². The van der Waals surface area contributed by atoms with Crippen molar-refractivity contribution < 1.29 is 4.79 Å². The van der Waals surface area contributed by atoms with Gasteiger partial charge in [-0.2, -0.15) is 5.26 Å². The molecule has 1 rings (SSSR count). The molecule has 3 heteroatoms. The Hall–Kier alpha value is -1.04. The van der Waals surface area contributed by atoms with E-state index in [1.54, 1.807) is 6.92 Å². The molecule has 1 aliphatic carbocycles. The van der Waals surface area contributed by atoms with Crippen LogP contribution in [0.15, 0.2) is 0 Å². The molecule has 1 atom stereocenters. The maximum atomic E-state index is 11.2. The van der Waals surface area contributed by atoms with Crippen LogP contribution < -0.4 is 5.32 Å². The van der Waals surface area contributed by atoms with Crippen molar-refractivity contribution in [1.29, 1.82) is 5.26 Å². The van der Waals surface area contributed by atoms with Crippen molar-refractivity contribution in [1.82, 2.24) is 5.32 Å². The Kier molecular flexibility index (Phi) is 3.09. The summed E-state index contributed by atoms with van der Waals surface area (Å²) in [6, 6.07) is 2.08. The van der Waals surface area contributed by atoms with Crippen molar-refractivity contribution in [3.05, 3.63) is 0 Å². The maximum absolute atomic E-state index is 11.2. The Morgan fingerprint density at radius 1 is 1.75 bits per heavy atom. The first-order valence-electron chi connectivity index (χ1n) is 4.41. The van der Waals surface area contributed by atoms with Gasteiger partial charge in [-0.05, 0) is 19.8 Å². The van der Waals surface area contributed by atoms with Gasteiger partial charge in [0.15, 0.2) is 0 Å². The number of hydrogen-bond donors (Lipinski definition) is 1. The minimum Gasteiger partial charge on any atom is -0.355 e. The number of nitrogens with zero attached hydrogens (tertiary/aromatic N) is 1. The number of carbonyl (C=O) groups is 1. The first-order chi connectivity index (χ1) is 5.74. The fourth-order valence-corrected chi connectivity index (χ4v) is 1.11. The molecule has 0 aromatic heterocycles. The van der Waals surface area contributed by atoms with E-state index in [1.165, 1.54) is 6.42 Å². The number of rotatable bonds is 3. The zero-order valence-electron chi connectivity index (χ0n) is 7.34. The molecule has 0 aliphatic heterocycles. The lowest BCUT2D eigenvalue weighted by Crippen LogP contribution is -2.36. The van der Waals surface area contributed by atoms with Crippen molar-refractivity contribution in [3.8, 4) is 6.07 Å². The molecule has 0 aromatic rings. The summed E-state index contributed by atoms with van der Waals surface area (Å²) < 4.78 is 0. The van der Waals surface area contributed by atoms with E-state index < -0.39 is 0 Å². The van der Waals surface area contributed by atoms with Crippen LogP contribution in [-0.2, 0) is 4.79 Å². The average Bonchev–Trinajstić information content (AvgIpc) is 1.97. The van der Waals surface area contributed by atoms with E-state index in [0.29, 0.717) is 6.54 Å². The molecule has 0 spiro atoms. The van der Waals surface area contributed by atoms with Crippen molar-refractivity contribution in [3.63, 3.8) is 0 Å². The molecule has 0 aromatic carbocycles. The fourth-order valence-electron chi connectivity index (χ4n) is 1.11. The summed E-state index contributed by atoms with van der Waals surface area (Å²) in [7, 11) is 0. The van der Waals surface area contributed by atoms with Crippen molar-refractivity contribution in [2.24, 2.45) is 11.8 Å². The van der Waals surface area contributed by atoms with Gasteiger partial charge in [-0.15, -0.1) is 0 Å².